The second-order valence-electron chi connectivity index (χ2n) is 2.68. The largest absolute Gasteiger partial charge is 0.398 e. The van der Waals surface area contributed by atoms with Gasteiger partial charge in [-0.05, 0) is 18.4 Å². The van der Waals surface area contributed by atoms with E-state index in [1.165, 1.54) is 9.60 Å². The number of nitrogens with two attached hydrogens (primary N) is 1. The number of thiol groups is 1. The van der Waals surface area contributed by atoms with Gasteiger partial charge in [0, 0.05) is 20.6 Å². The molecular formula is C9H9NS3. The molecule has 0 atom stereocenters. The summed E-state index contributed by atoms with van der Waals surface area (Å²) >= 11 is 7.82. The fourth-order valence-electron chi connectivity index (χ4n) is 1.29. The highest BCUT2D eigenvalue weighted by atomic mass is 32.2. The lowest BCUT2D eigenvalue weighted by Gasteiger charge is -2.01. The minimum Gasteiger partial charge on any atom is -0.398 e. The summed E-state index contributed by atoms with van der Waals surface area (Å²) in [5.74, 6) is 0. The van der Waals surface area contributed by atoms with Crippen molar-refractivity contribution in [3.63, 3.8) is 0 Å². The van der Waals surface area contributed by atoms with Crippen LogP contribution >= 0.6 is 35.7 Å². The average molecular weight is 227 g/mol. The van der Waals surface area contributed by atoms with Gasteiger partial charge in [-0.2, -0.15) is 0 Å². The van der Waals surface area contributed by atoms with Crippen LogP contribution in [0.2, 0.25) is 0 Å². The van der Waals surface area contributed by atoms with Gasteiger partial charge < -0.3 is 5.73 Å². The van der Waals surface area contributed by atoms with Crippen molar-refractivity contribution in [1.82, 2.24) is 0 Å². The zero-order chi connectivity index (χ0) is 9.42. The Balaban J connectivity index is 2.87. The van der Waals surface area contributed by atoms with Crippen molar-refractivity contribution >= 4 is 51.5 Å². The Morgan fingerprint density at radius 1 is 1.46 bits per heavy atom. The van der Waals surface area contributed by atoms with Crippen molar-refractivity contribution < 1.29 is 0 Å². The van der Waals surface area contributed by atoms with Gasteiger partial charge in [0.25, 0.3) is 0 Å². The van der Waals surface area contributed by atoms with E-state index in [1.54, 1.807) is 23.1 Å². The number of thioether (sulfide) groups is 1. The molecule has 0 saturated heterocycles. The predicted octanol–water partition coefficient (Wildman–Crippen LogP) is 3.49. The van der Waals surface area contributed by atoms with Crippen molar-refractivity contribution in [2.24, 2.45) is 0 Å². The number of rotatable bonds is 1. The van der Waals surface area contributed by atoms with Crippen molar-refractivity contribution in [2.75, 3.05) is 12.0 Å². The Bertz CT molecular complexity index is 447. The van der Waals surface area contributed by atoms with Crippen LogP contribution in [-0.2, 0) is 0 Å². The van der Waals surface area contributed by atoms with Crippen LogP contribution in [-0.4, -0.2) is 6.26 Å². The maximum Gasteiger partial charge on any atom is 0.0514 e. The van der Waals surface area contributed by atoms with E-state index in [2.05, 4.69) is 25.0 Å². The fourth-order valence-corrected chi connectivity index (χ4v) is 3.46. The number of hydrogen-bond acceptors (Lipinski definition) is 4. The van der Waals surface area contributed by atoms with Gasteiger partial charge in [-0.25, -0.2) is 0 Å². The minimum absolute atomic E-state index is 0.834. The van der Waals surface area contributed by atoms with Crippen LogP contribution in [0.1, 0.15) is 0 Å². The fraction of sp³-hybridized carbons (Fsp3) is 0.111. The topological polar surface area (TPSA) is 26.0 Å². The summed E-state index contributed by atoms with van der Waals surface area (Å²) in [6.07, 6.45) is 2.07. The zero-order valence-corrected chi connectivity index (χ0v) is 9.60. The number of anilines is 1. The van der Waals surface area contributed by atoms with Gasteiger partial charge in [0.1, 0.15) is 0 Å². The summed E-state index contributed by atoms with van der Waals surface area (Å²) in [5, 5.41) is 3.07. The van der Waals surface area contributed by atoms with Gasteiger partial charge in [-0.1, -0.05) is 0 Å². The first-order chi connectivity index (χ1) is 6.24. The summed E-state index contributed by atoms with van der Waals surface area (Å²) < 4.78 is 1.25. The normalized spacial score (nSPS) is 10.9. The summed E-state index contributed by atoms with van der Waals surface area (Å²) in [6.45, 7) is 0. The monoisotopic (exact) mass is 227 g/mol. The van der Waals surface area contributed by atoms with Crippen molar-refractivity contribution in [3.8, 4) is 0 Å². The predicted molar refractivity (Wildman–Crippen MR) is 65.3 cm³/mol. The Morgan fingerprint density at radius 3 is 2.92 bits per heavy atom. The van der Waals surface area contributed by atoms with Crippen molar-refractivity contribution in [3.05, 3.63) is 17.5 Å². The van der Waals surface area contributed by atoms with E-state index >= 15 is 0 Å². The van der Waals surface area contributed by atoms with Crippen LogP contribution < -0.4 is 5.73 Å². The lowest BCUT2D eigenvalue weighted by atomic mass is 10.2. The number of hydrogen-bond donors (Lipinski definition) is 2. The molecule has 0 bridgehead atoms. The molecule has 1 aromatic heterocycles. The quantitative estimate of drug-likeness (QED) is 0.576. The van der Waals surface area contributed by atoms with E-state index < -0.39 is 0 Å². The first-order valence-electron chi connectivity index (χ1n) is 3.76. The number of thiophene rings is 1. The van der Waals surface area contributed by atoms with Crippen LogP contribution in [0.5, 0.6) is 0 Å². The second-order valence-corrected chi connectivity index (χ2v) is 4.89. The lowest BCUT2D eigenvalue weighted by molar-refractivity contribution is 1.49. The molecule has 0 radical (unpaired) electrons. The third-order valence-corrected chi connectivity index (χ3v) is 4.23. The molecule has 0 saturated carbocycles. The lowest BCUT2D eigenvalue weighted by Crippen LogP contribution is -1.82. The zero-order valence-electron chi connectivity index (χ0n) is 7.07. The summed E-state index contributed by atoms with van der Waals surface area (Å²) in [5.41, 5.74) is 6.69. The molecule has 0 spiro atoms. The number of nitrogen functional groups attached to an aromatic ring is 1. The molecule has 68 valence electrons. The van der Waals surface area contributed by atoms with Gasteiger partial charge in [0.05, 0.1) is 10.4 Å². The van der Waals surface area contributed by atoms with E-state index in [0.29, 0.717) is 0 Å². The van der Waals surface area contributed by atoms with Gasteiger partial charge in [-0.3, -0.25) is 0 Å². The molecule has 0 fully saturated rings. The second kappa shape index (κ2) is 3.44. The third-order valence-electron chi connectivity index (χ3n) is 1.91. The third kappa shape index (κ3) is 1.43. The van der Waals surface area contributed by atoms with E-state index in [-0.39, 0.29) is 0 Å². The van der Waals surface area contributed by atoms with Crippen LogP contribution in [0.25, 0.3) is 10.1 Å². The van der Waals surface area contributed by atoms with E-state index in [4.69, 9.17) is 5.73 Å². The van der Waals surface area contributed by atoms with Crippen LogP contribution in [0.15, 0.2) is 27.3 Å². The molecular weight excluding hydrogens is 218 g/mol. The molecule has 4 heteroatoms. The summed E-state index contributed by atoms with van der Waals surface area (Å²) in [6, 6.07) is 4.09. The van der Waals surface area contributed by atoms with Crippen LogP contribution in [0.4, 0.5) is 5.69 Å². The highest BCUT2D eigenvalue weighted by molar-refractivity contribution is 7.99. The van der Waals surface area contributed by atoms with E-state index in [1.807, 2.05) is 11.4 Å². The first-order valence-corrected chi connectivity index (χ1v) is 6.32. The molecule has 0 aliphatic carbocycles. The molecule has 2 aromatic rings. The van der Waals surface area contributed by atoms with Gasteiger partial charge in [0.15, 0.2) is 0 Å². The van der Waals surface area contributed by atoms with Gasteiger partial charge in [0.2, 0.25) is 0 Å². The Labute approximate surface area is 90.7 Å². The maximum atomic E-state index is 5.85. The van der Waals surface area contributed by atoms with Crippen LogP contribution in [0.3, 0.4) is 0 Å². The summed E-state index contributed by atoms with van der Waals surface area (Å²) in [7, 11) is 0. The molecule has 0 aliphatic rings. The molecule has 0 unspecified atom stereocenters. The SMILES string of the molecule is CSc1ccc(S)c2c(N)csc12. The Hall–Kier alpha value is -0.320. The average Bonchev–Trinajstić information content (AvgIpc) is 2.50. The highest BCUT2D eigenvalue weighted by Crippen LogP contribution is 2.38. The maximum absolute atomic E-state index is 5.85. The molecule has 1 heterocycles. The Kier molecular flexibility index (Phi) is 2.45. The van der Waals surface area contributed by atoms with Crippen molar-refractivity contribution in [2.45, 2.75) is 9.79 Å². The van der Waals surface area contributed by atoms with E-state index in [9.17, 15) is 0 Å². The summed E-state index contributed by atoms with van der Waals surface area (Å²) in [4.78, 5) is 2.24. The standard InChI is InChI=1S/C9H9NS3/c1-12-7-3-2-6(11)8-5(10)4-13-9(7)8/h2-4,11H,10H2,1H3. The van der Waals surface area contributed by atoms with E-state index in [0.717, 1.165) is 16.0 Å². The first kappa shape index (κ1) is 9.24. The van der Waals surface area contributed by atoms with Crippen molar-refractivity contribution in [1.29, 1.82) is 0 Å². The molecule has 0 aliphatic heterocycles. The minimum atomic E-state index is 0.834. The molecule has 2 N–H and O–H groups in total. The molecule has 13 heavy (non-hydrogen) atoms. The highest BCUT2D eigenvalue weighted by Gasteiger charge is 2.07. The Morgan fingerprint density at radius 2 is 2.23 bits per heavy atom. The molecule has 2 rings (SSSR count). The number of fused-ring (bicyclic) bond motifs is 1. The smallest absolute Gasteiger partial charge is 0.0514 e. The van der Waals surface area contributed by atoms with Gasteiger partial charge >= 0.3 is 0 Å². The molecule has 0 amide bonds. The van der Waals surface area contributed by atoms with Crippen LogP contribution in [0, 0.1) is 0 Å². The van der Waals surface area contributed by atoms with Gasteiger partial charge in [-0.15, -0.1) is 35.7 Å². The molecule has 1 nitrogen and oxygen atoms in total. The number of benzene rings is 1. The molecule has 1 aromatic carbocycles.